The number of rotatable bonds is 7. The van der Waals surface area contributed by atoms with E-state index in [9.17, 15) is 4.79 Å². The average molecular weight is 312 g/mol. The Morgan fingerprint density at radius 1 is 1.13 bits per heavy atom. The largest absolute Gasteiger partial charge is 0.370 e. The second-order valence-electron chi connectivity index (χ2n) is 5.64. The Morgan fingerprint density at radius 2 is 1.96 bits per heavy atom. The van der Waals surface area contributed by atoms with E-state index in [4.69, 9.17) is 0 Å². The van der Waals surface area contributed by atoms with Crippen molar-refractivity contribution in [2.24, 2.45) is 0 Å². The summed E-state index contributed by atoms with van der Waals surface area (Å²) in [6.45, 7) is 6.80. The zero-order chi connectivity index (χ0) is 16.7. The molecule has 1 heterocycles. The molecule has 0 bridgehead atoms. The third-order valence-corrected chi connectivity index (χ3v) is 3.43. The molecule has 0 saturated heterocycles. The summed E-state index contributed by atoms with van der Waals surface area (Å²) in [5.41, 5.74) is 2.24. The quantitative estimate of drug-likeness (QED) is 0.760. The molecule has 2 rings (SSSR count). The van der Waals surface area contributed by atoms with Gasteiger partial charge in [-0.25, -0.2) is 9.97 Å². The molecule has 5 heteroatoms. The van der Waals surface area contributed by atoms with Crippen molar-refractivity contribution in [2.75, 3.05) is 17.2 Å². The van der Waals surface area contributed by atoms with E-state index in [1.807, 2.05) is 31.2 Å². The maximum absolute atomic E-state index is 12.4. The lowest BCUT2D eigenvalue weighted by Gasteiger charge is -2.09. The molecule has 1 aromatic carbocycles. The van der Waals surface area contributed by atoms with Crippen LogP contribution in [0, 0.1) is 13.8 Å². The van der Waals surface area contributed by atoms with Crippen LogP contribution in [0.5, 0.6) is 0 Å². The number of nitrogens with zero attached hydrogens (tertiary/aromatic N) is 2. The van der Waals surface area contributed by atoms with Gasteiger partial charge in [0.2, 0.25) is 0 Å². The fourth-order valence-corrected chi connectivity index (χ4v) is 2.28. The molecule has 0 aliphatic carbocycles. The molecule has 1 aromatic heterocycles. The number of unbranched alkanes of at least 4 members (excludes halogenated alkanes) is 2. The summed E-state index contributed by atoms with van der Waals surface area (Å²) in [6.07, 6.45) is 3.44. The van der Waals surface area contributed by atoms with Gasteiger partial charge in [0.1, 0.15) is 17.3 Å². The molecule has 0 unspecified atom stereocenters. The van der Waals surface area contributed by atoms with Gasteiger partial charge < -0.3 is 10.6 Å². The molecule has 1 amide bonds. The van der Waals surface area contributed by atoms with Crippen molar-refractivity contribution < 1.29 is 4.79 Å². The Balaban J connectivity index is 2.06. The maximum Gasteiger partial charge on any atom is 0.274 e. The van der Waals surface area contributed by atoms with Gasteiger partial charge in [-0.1, -0.05) is 31.9 Å². The number of anilines is 2. The number of amides is 1. The van der Waals surface area contributed by atoms with Crippen LogP contribution in [0.3, 0.4) is 0 Å². The minimum atomic E-state index is -0.224. The molecule has 122 valence electrons. The molecular formula is C18H24N4O. The summed E-state index contributed by atoms with van der Waals surface area (Å²) in [5, 5.41) is 6.13. The minimum Gasteiger partial charge on any atom is -0.370 e. The molecule has 2 aromatic rings. The van der Waals surface area contributed by atoms with Crippen molar-refractivity contribution in [3.05, 3.63) is 47.4 Å². The molecule has 0 fully saturated rings. The van der Waals surface area contributed by atoms with E-state index in [1.165, 1.54) is 12.8 Å². The van der Waals surface area contributed by atoms with Crippen molar-refractivity contribution in [1.29, 1.82) is 0 Å². The maximum atomic E-state index is 12.4. The van der Waals surface area contributed by atoms with E-state index in [2.05, 4.69) is 27.5 Å². The van der Waals surface area contributed by atoms with Gasteiger partial charge in [0.25, 0.3) is 5.91 Å². The normalized spacial score (nSPS) is 10.4. The number of aromatic nitrogens is 2. The molecule has 5 nitrogen and oxygen atoms in total. The molecule has 0 aliphatic rings. The molecule has 0 spiro atoms. The highest BCUT2D eigenvalue weighted by molar-refractivity contribution is 6.03. The average Bonchev–Trinajstić information content (AvgIpc) is 2.51. The van der Waals surface area contributed by atoms with Gasteiger partial charge >= 0.3 is 0 Å². The van der Waals surface area contributed by atoms with E-state index in [-0.39, 0.29) is 5.91 Å². The minimum absolute atomic E-state index is 0.224. The van der Waals surface area contributed by atoms with Gasteiger partial charge in [-0.05, 0) is 38.0 Å². The highest BCUT2D eigenvalue weighted by Crippen LogP contribution is 2.13. The van der Waals surface area contributed by atoms with Crippen LogP contribution in [0.1, 0.15) is 48.1 Å². The first-order chi connectivity index (χ1) is 11.1. The SMILES string of the molecule is CCCCCNc1cc(C(=O)Nc2cccc(C)c2)nc(C)n1. The number of benzene rings is 1. The second kappa shape index (κ2) is 8.27. The van der Waals surface area contributed by atoms with Crippen LogP contribution in [0.25, 0.3) is 0 Å². The zero-order valence-corrected chi connectivity index (χ0v) is 14.0. The first-order valence-electron chi connectivity index (χ1n) is 8.06. The predicted octanol–water partition coefficient (Wildman–Crippen LogP) is 3.95. The highest BCUT2D eigenvalue weighted by atomic mass is 16.1. The van der Waals surface area contributed by atoms with Crippen molar-refractivity contribution in [1.82, 2.24) is 9.97 Å². The Bertz CT molecular complexity index is 670. The Hall–Kier alpha value is -2.43. The number of nitrogens with one attached hydrogen (secondary N) is 2. The first-order valence-corrected chi connectivity index (χ1v) is 8.06. The van der Waals surface area contributed by atoms with Gasteiger partial charge in [-0.3, -0.25) is 4.79 Å². The van der Waals surface area contributed by atoms with Crippen LogP contribution in [0.4, 0.5) is 11.5 Å². The van der Waals surface area contributed by atoms with Crippen LogP contribution in [0.2, 0.25) is 0 Å². The first kappa shape index (κ1) is 16.9. The number of hydrogen-bond acceptors (Lipinski definition) is 4. The summed E-state index contributed by atoms with van der Waals surface area (Å²) in [7, 11) is 0. The van der Waals surface area contributed by atoms with Crippen molar-refractivity contribution in [3.8, 4) is 0 Å². The highest BCUT2D eigenvalue weighted by Gasteiger charge is 2.11. The molecule has 23 heavy (non-hydrogen) atoms. The molecule has 0 saturated carbocycles. The lowest BCUT2D eigenvalue weighted by molar-refractivity contribution is 0.102. The fraction of sp³-hybridized carbons (Fsp3) is 0.389. The lowest BCUT2D eigenvalue weighted by Crippen LogP contribution is -2.16. The summed E-state index contributed by atoms with van der Waals surface area (Å²) < 4.78 is 0. The summed E-state index contributed by atoms with van der Waals surface area (Å²) in [4.78, 5) is 20.9. The van der Waals surface area contributed by atoms with Gasteiger partial charge in [-0.2, -0.15) is 0 Å². The Morgan fingerprint density at radius 3 is 2.70 bits per heavy atom. The van der Waals surface area contributed by atoms with Crippen molar-refractivity contribution in [3.63, 3.8) is 0 Å². The Labute approximate surface area is 137 Å². The van der Waals surface area contributed by atoms with E-state index in [0.717, 1.165) is 24.2 Å². The third-order valence-electron chi connectivity index (χ3n) is 3.43. The van der Waals surface area contributed by atoms with Gasteiger partial charge in [0, 0.05) is 18.3 Å². The van der Waals surface area contributed by atoms with Gasteiger partial charge in [0.05, 0.1) is 0 Å². The van der Waals surface area contributed by atoms with Crippen molar-refractivity contribution in [2.45, 2.75) is 40.0 Å². The summed E-state index contributed by atoms with van der Waals surface area (Å²) in [6, 6.07) is 9.39. The number of aryl methyl sites for hydroxylation is 2. The topological polar surface area (TPSA) is 66.9 Å². The second-order valence-corrected chi connectivity index (χ2v) is 5.64. The van der Waals surface area contributed by atoms with Crippen LogP contribution in [0.15, 0.2) is 30.3 Å². The van der Waals surface area contributed by atoms with Gasteiger partial charge in [0.15, 0.2) is 0 Å². The van der Waals surface area contributed by atoms with Crippen LogP contribution in [-0.4, -0.2) is 22.4 Å². The molecule has 2 N–H and O–H groups in total. The molecule has 0 radical (unpaired) electrons. The smallest absolute Gasteiger partial charge is 0.274 e. The zero-order valence-electron chi connectivity index (χ0n) is 14.0. The number of carbonyl (C=O) groups is 1. The number of carbonyl (C=O) groups excluding carboxylic acids is 1. The van der Waals surface area contributed by atoms with Crippen molar-refractivity contribution >= 4 is 17.4 Å². The Kier molecular flexibility index (Phi) is 6.09. The molecular weight excluding hydrogens is 288 g/mol. The summed E-state index contributed by atoms with van der Waals surface area (Å²) >= 11 is 0. The number of hydrogen-bond donors (Lipinski definition) is 2. The predicted molar refractivity (Wildman–Crippen MR) is 93.9 cm³/mol. The van der Waals surface area contributed by atoms with E-state index in [1.54, 1.807) is 13.0 Å². The monoisotopic (exact) mass is 312 g/mol. The van der Waals surface area contributed by atoms with E-state index in [0.29, 0.717) is 17.3 Å². The molecule has 0 atom stereocenters. The standard InChI is InChI=1S/C18H24N4O/c1-4-5-6-10-19-17-12-16(20-14(3)21-17)18(23)22-15-9-7-8-13(2)11-15/h7-9,11-12H,4-6,10H2,1-3H3,(H,22,23)(H,19,20,21). The van der Waals surface area contributed by atoms with Gasteiger partial charge in [-0.15, -0.1) is 0 Å². The third kappa shape index (κ3) is 5.36. The van der Waals surface area contributed by atoms with E-state index < -0.39 is 0 Å². The van der Waals surface area contributed by atoms with Crippen LogP contribution >= 0.6 is 0 Å². The molecule has 0 aliphatic heterocycles. The van der Waals surface area contributed by atoms with Crippen LogP contribution < -0.4 is 10.6 Å². The fourth-order valence-electron chi connectivity index (χ4n) is 2.28. The lowest BCUT2D eigenvalue weighted by atomic mass is 10.2. The van der Waals surface area contributed by atoms with Crippen LogP contribution in [-0.2, 0) is 0 Å². The van der Waals surface area contributed by atoms with E-state index >= 15 is 0 Å². The summed E-state index contributed by atoms with van der Waals surface area (Å²) in [5.74, 6) is 1.06.